The highest BCUT2D eigenvalue weighted by molar-refractivity contribution is 7.91. The average molecular weight is 263 g/mol. The van der Waals surface area contributed by atoms with Gasteiger partial charge in [0.25, 0.3) is 0 Å². The summed E-state index contributed by atoms with van der Waals surface area (Å²) >= 11 is 0. The molecule has 98 valence electrons. The molecule has 0 saturated heterocycles. The third-order valence-corrected chi connectivity index (χ3v) is 4.41. The lowest BCUT2D eigenvalue weighted by atomic mass is 9.84. The molecule has 0 spiro atoms. The van der Waals surface area contributed by atoms with Crippen molar-refractivity contribution in [1.82, 2.24) is 0 Å². The summed E-state index contributed by atoms with van der Waals surface area (Å²) in [7, 11) is -3.41. The van der Waals surface area contributed by atoms with E-state index in [4.69, 9.17) is 5.73 Å². The molecular formula is C10H17NO5S. The molecule has 1 saturated carbocycles. The summed E-state index contributed by atoms with van der Waals surface area (Å²) in [6.45, 7) is 0. The molecule has 1 aliphatic carbocycles. The largest absolute Gasteiger partial charge is 0.433 e. The van der Waals surface area contributed by atoms with Crippen LogP contribution in [0, 0.1) is 11.8 Å². The van der Waals surface area contributed by atoms with Gasteiger partial charge in [-0.25, -0.2) is 13.2 Å². The van der Waals surface area contributed by atoms with Crippen LogP contribution in [0.25, 0.3) is 0 Å². The first-order valence-electron chi connectivity index (χ1n) is 5.51. The highest BCUT2D eigenvalue weighted by atomic mass is 32.2. The Bertz CT molecular complexity index is 370. The molecule has 0 aromatic carbocycles. The Kier molecular flexibility index (Phi) is 4.92. The van der Waals surface area contributed by atoms with E-state index in [1.165, 1.54) is 0 Å². The van der Waals surface area contributed by atoms with Crippen LogP contribution in [0.4, 0.5) is 4.79 Å². The molecule has 0 radical (unpaired) electrons. The minimum absolute atomic E-state index is 0.00808. The van der Waals surface area contributed by atoms with Gasteiger partial charge in [0.15, 0.2) is 15.8 Å². The molecule has 0 unspecified atom stereocenters. The van der Waals surface area contributed by atoms with Crippen molar-refractivity contribution in [2.75, 3.05) is 11.7 Å². The van der Waals surface area contributed by atoms with Gasteiger partial charge in [-0.1, -0.05) is 0 Å². The number of rotatable bonds is 5. The van der Waals surface area contributed by atoms with Crippen molar-refractivity contribution < 1.29 is 22.7 Å². The number of sulfone groups is 1. The van der Waals surface area contributed by atoms with Crippen molar-refractivity contribution in [3.05, 3.63) is 0 Å². The second kappa shape index (κ2) is 6.00. The highest BCUT2D eigenvalue weighted by Gasteiger charge is 2.25. The first-order valence-corrected chi connectivity index (χ1v) is 7.33. The highest BCUT2D eigenvalue weighted by Crippen LogP contribution is 2.28. The lowest BCUT2D eigenvalue weighted by Crippen LogP contribution is -2.26. The Hall–Kier alpha value is -1.11. The van der Waals surface area contributed by atoms with Crippen LogP contribution >= 0.6 is 0 Å². The zero-order valence-electron chi connectivity index (χ0n) is 9.50. The number of primary amides is 1. The van der Waals surface area contributed by atoms with Gasteiger partial charge in [0.2, 0.25) is 0 Å². The maximum Gasteiger partial charge on any atom is 0.405 e. The first kappa shape index (κ1) is 14.0. The van der Waals surface area contributed by atoms with E-state index in [2.05, 4.69) is 4.74 Å². The molecule has 0 heterocycles. The predicted molar refractivity (Wildman–Crippen MR) is 60.8 cm³/mol. The molecule has 0 aliphatic heterocycles. The van der Waals surface area contributed by atoms with E-state index in [-0.39, 0.29) is 17.6 Å². The summed E-state index contributed by atoms with van der Waals surface area (Å²) in [5.41, 5.74) is 4.70. The van der Waals surface area contributed by atoms with E-state index >= 15 is 0 Å². The molecule has 1 rings (SSSR count). The van der Waals surface area contributed by atoms with Crippen LogP contribution in [0.5, 0.6) is 0 Å². The van der Waals surface area contributed by atoms with Crippen LogP contribution in [-0.2, 0) is 19.4 Å². The van der Waals surface area contributed by atoms with Gasteiger partial charge < -0.3 is 15.3 Å². The van der Waals surface area contributed by atoms with Crippen molar-refractivity contribution in [3.63, 3.8) is 0 Å². The Labute approximate surface area is 100 Å². The molecule has 0 aromatic rings. The minimum Gasteiger partial charge on any atom is -0.433 e. The maximum absolute atomic E-state index is 11.6. The topological polar surface area (TPSA) is 104 Å². The molecule has 6 nitrogen and oxygen atoms in total. The number of nitrogens with two attached hydrogens (primary N) is 1. The Morgan fingerprint density at radius 1 is 1.29 bits per heavy atom. The lowest BCUT2D eigenvalue weighted by molar-refractivity contribution is -0.112. The van der Waals surface area contributed by atoms with E-state index in [0.29, 0.717) is 0 Å². The third-order valence-electron chi connectivity index (χ3n) is 2.95. The zero-order valence-corrected chi connectivity index (χ0v) is 10.3. The molecular weight excluding hydrogens is 246 g/mol. The Morgan fingerprint density at radius 2 is 1.88 bits per heavy atom. The monoisotopic (exact) mass is 263 g/mol. The fourth-order valence-electron chi connectivity index (χ4n) is 2.05. The van der Waals surface area contributed by atoms with E-state index < -0.39 is 21.9 Å². The summed E-state index contributed by atoms with van der Waals surface area (Å²) in [5, 5.41) is 0. The fourth-order valence-corrected chi connectivity index (χ4v) is 3.49. The normalized spacial score (nSPS) is 25.2. The first-order chi connectivity index (χ1) is 7.93. The molecule has 7 heteroatoms. The smallest absolute Gasteiger partial charge is 0.405 e. The molecule has 2 N–H and O–H groups in total. The van der Waals surface area contributed by atoms with Gasteiger partial charge in [-0.3, -0.25) is 0 Å². The SMILES string of the molecule is NC(=O)OCS(=O)(=O)C[C@H]1CC[C@H](C=O)CC1. The van der Waals surface area contributed by atoms with Crippen LogP contribution in [0.15, 0.2) is 0 Å². The fraction of sp³-hybridized carbons (Fsp3) is 0.800. The Balaban J connectivity index is 2.38. The third kappa shape index (κ3) is 5.16. The number of hydrogen-bond donors (Lipinski definition) is 1. The number of aldehydes is 1. The van der Waals surface area contributed by atoms with E-state index in [9.17, 15) is 18.0 Å². The van der Waals surface area contributed by atoms with Crippen LogP contribution in [0.2, 0.25) is 0 Å². The quantitative estimate of drug-likeness (QED) is 0.726. The molecule has 0 bridgehead atoms. The van der Waals surface area contributed by atoms with Crippen LogP contribution in [0.1, 0.15) is 25.7 Å². The molecule has 1 fully saturated rings. The van der Waals surface area contributed by atoms with Gasteiger partial charge in [0.1, 0.15) is 6.29 Å². The van der Waals surface area contributed by atoms with Gasteiger partial charge in [0, 0.05) is 5.92 Å². The summed E-state index contributed by atoms with van der Waals surface area (Å²) in [6.07, 6.45) is 2.76. The van der Waals surface area contributed by atoms with Gasteiger partial charge >= 0.3 is 6.09 Å². The van der Waals surface area contributed by atoms with Crippen LogP contribution < -0.4 is 5.73 Å². The van der Waals surface area contributed by atoms with Crippen molar-refractivity contribution in [2.45, 2.75) is 25.7 Å². The van der Waals surface area contributed by atoms with Crippen molar-refractivity contribution in [3.8, 4) is 0 Å². The molecule has 1 amide bonds. The molecule has 1 aliphatic rings. The van der Waals surface area contributed by atoms with E-state index in [1.54, 1.807) is 0 Å². The van der Waals surface area contributed by atoms with Crippen LogP contribution in [0.3, 0.4) is 0 Å². The zero-order chi connectivity index (χ0) is 12.9. The standard InChI is InChI=1S/C10H17NO5S/c11-10(13)16-7-17(14,15)6-9-3-1-8(5-12)2-4-9/h5,8-9H,1-4,6-7H2,(H2,11,13)/t8-,9-. The second-order valence-electron chi connectivity index (χ2n) is 4.41. The average Bonchev–Trinajstić information content (AvgIpc) is 2.27. The van der Waals surface area contributed by atoms with Gasteiger partial charge in [0.05, 0.1) is 5.75 Å². The number of ether oxygens (including phenoxy) is 1. The maximum atomic E-state index is 11.6. The van der Waals surface area contributed by atoms with E-state index in [0.717, 1.165) is 32.0 Å². The number of amides is 1. The van der Waals surface area contributed by atoms with Crippen molar-refractivity contribution in [2.24, 2.45) is 17.6 Å². The van der Waals surface area contributed by atoms with Crippen molar-refractivity contribution in [1.29, 1.82) is 0 Å². The predicted octanol–water partition coefficient (Wildman–Crippen LogP) is 0.459. The minimum atomic E-state index is -3.41. The summed E-state index contributed by atoms with van der Waals surface area (Å²) in [6, 6.07) is 0. The number of carbonyl (C=O) groups excluding carboxylic acids is 2. The van der Waals surface area contributed by atoms with Gasteiger partial charge in [-0.15, -0.1) is 0 Å². The molecule has 0 aromatic heterocycles. The summed E-state index contributed by atoms with van der Waals surface area (Å²) in [5.74, 6) is -0.551. The summed E-state index contributed by atoms with van der Waals surface area (Å²) in [4.78, 5) is 20.9. The molecule has 17 heavy (non-hydrogen) atoms. The molecule has 0 atom stereocenters. The van der Waals surface area contributed by atoms with Gasteiger partial charge in [-0.05, 0) is 31.6 Å². The van der Waals surface area contributed by atoms with Crippen molar-refractivity contribution >= 4 is 22.2 Å². The second-order valence-corrected chi connectivity index (χ2v) is 6.46. The Morgan fingerprint density at radius 3 is 2.35 bits per heavy atom. The number of hydrogen-bond acceptors (Lipinski definition) is 5. The number of carbonyl (C=O) groups is 2. The summed E-state index contributed by atoms with van der Waals surface area (Å²) < 4.78 is 27.4. The lowest BCUT2D eigenvalue weighted by Gasteiger charge is -2.24. The van der Waals surface area contributed by atoms with Gasteiger partial charge in [-0.2, -0.15) is 0 Å². The van der Waals surface area contributed by atoms with E-state index in [1.807, 2.05) is 0 Å². The van der Waals surface area contributed by atoms with Crippen LogP contribution in [-0.4, -0.2) is 32.5 Å².